The van der Waals surface area contributed by atoms with Gasteiger partial charge in [-0.1, -0.05) is 0 Å². The van der Waals surface area contributed by atoms with E-state index in [0.29, 0.717) is 12.5 Å². The molecule has 1 aromatic rings. The smallest absolute Gasteiger partial charge is 0.118 e. The Morgan fingerprint density at radius 1 is 1.62 bits per heavy atom. The Morgan fingerprint density at radius 3 is 2.77 bits per heavy atom. The monoisotopic (exact) mass is 185 g/mol. The molecule has 1 rings (SSSR count). The Bertz CT molecular complexity index is 257. The van der Waals surface area contributed by atoms with Crippen molar-refractivity contribution in [3.05, 3.63) is 18.0 Å². The van der Waals surface area contributed by atoms with Crippen LogP contribution in [-0.4, -0.2) is 22.5 Å². The molecule has 2 N–H and O–H groups in total. The van der Waals surface area contributed by atoms with E-state index in [2.05, 4.69) is 5.10 Å². The Morgan fingerprint density at radius 2 is 2.31 bits per heavy atom. The zero-order chi connectivity index (χ0) is 9.84. The van der Waals surface area contributed by atoms with Crippen LogP contribution in [0.5, 0.6) is 0 Å². The fraction of sp³-hybridized carbons (Fsp3) is 0.667. The minimum absolute atomic E-state index is 0.0640. The molecule has 1 heterocycles. The number of halogens is 1. The van der Waals surface area contributed by atoms with Crippen LogP contribution in [0, 0.1) is 0 Å². The number of nitrogens with zero attached hydrogens (tertiary/aromatic N) is 2. The highest BCUT2D eigenvalue weighted by Crippen LogP contribution is 2.06. The predicted octanol–water partition coefficient (Wildman–Crippen LogP) is 1.30. The van der Waals surface area contributed by atoms with Gasteiger partial charge in [0.15, 0.2) is 0 Å². The molecule has 0 aliphatic heterocycles. The van der Waals surface area contributed by atoms with Crippen molar-refractivity contribution in [2.45, 2.75) is 32.5 Å². The average Bonchev–Trinajstić information content (AvgIpc) is 2.52. The van der Waals surface area contributed by atoms with Gasteiger partial charge in [0.2, 0.25) is 0 Å². The van der Waals surface area contributed by atoms with Gasteiger partial charge in [-0.3, -0.25) is 4.68 Å². The molecular weight excluding hydrogens is 169 g/mol. The number of nitrogens with two attached hydrogens (primary N) is 1. The predicted molar refractivity (Wildman–Crippen MR) is 50.3 cm³/mol. The van der Waals surface area contributed by atoms with Crippen molar-refractivity contribution < 1.29 is 4.39 Å². The maximum Gasteiger partial charge on any atom is 0.118 e. The third kappa shape index (κ3) is 2.81. The lowest BCUT2D eigenvalue weighted by molar-refractivity contribution is 0.336. The fourth-order valence-electron chi connectivity index (χ4n) is 1.08. The Balaban J connectivity index is 2.58. The minimum atomic E-state index is -0.976. The molecule has 0 aliphatic carbocycles. The quantitative estimate of drug-likeness (QED) is 0.768. The fourth-order valence-corrected chi connectivity index (χ4v) is 1.08. The highest BCUT2D eigenvalue weighted by molar-refractivity contribution is 5.01. The summed E-state index contributed by atoms with van der Waals surface area (Å²) in [6.07, 6.45) is 1.20. The molecule has 1 unspecified atom stereocenters. The first-order valence-corrected chi connectivity index (χ1v) is 4.51. The summed E-state index contributed by atoms with van der Waals surface area (Å²) in [6.45, 7) is 4.13. The van der Waals surface area contributed by atoms with Crippen molar-refractivity contribution in [1.82, 2.24) is 9.78 Å². The number of aromatic nitrogens is 2. The summed E-state index contributed by atoms with van der Waals surface area (Å²) in [5.41, 5.74) is 5.95. The summed E-state index contributed by atoms with van der Waals surface area (Å²) in [6, 6.07) is 2.16. The molecule has 0 fully saturated rings. The van der Waals surface area contributed by atoms with Crippen LogP contribution in [0.4, 0.5) is 4.39 Å². The number of hydrogen-bond acceptors (Lipinski definition) is 2. The average molecular weight is 185 g/mol. The molecule has 0 saturated carbocycles. The standard InChI is InChI=1S/C9H16FN3/c1-7(2)13-4-3-9(12-13)5-8(10)6-11/h3-4,7-8H,5-6,11H2,1-2H3. The first-order valence-electron chi connectivity index (χ1n) is 4.51. The molecule has 0 radical (unpaired) electrons. The zero-order valence-electron chi connectivity index (χ0n) is 8.07. The molecule has 4 heteroatoms. The topological polar surface area (TPSA) is 43.8 Å². The van der Waals surface area contributed by atoms with Crippen molar-refractivity contribution in [3.63, 3.8) is 0 Å². The molecule has 1 aromatic heterocycles. The molecule has 1 atom stereocenters. The van der Waals surface area contributed by atoms with Gasteiger partial charge in [0, 0.05) is 25.2 Å². The van der Waals surface area contributed by atoms with E-state index in [1.165, 1.54) is 0 Å². The van der Waals surface area contributed by atoms with Crippen molar-refractivity contribution >= 4 is 0 Å². The molecule has 0 bridgehead atoms. The summed E-state index contributed by atoms with van der Waals surface area (Å²) in [5, 5.41) is 4.22. The second kappa shape index (κ2) is 4.37. The largest absolute Gasteiger partial charge is 0.328 e. The first kappa shape index (κ1) is 10.2. The van der Waals surface area contributed by atoms with Crippen LogP contribution in [0.3, 0.4) is 0 Å². The van der Waals surface area contributed by atoms with Crippen LogP contribution in [0.15, 0.2) is 12.3 Å². The summed E-state index contributed by atoms with van der Waals surface area (Å²) in [7, 11) is 0. The second-order valence-corrected chi connectivity index (χ2v) is 3.42. The summed E-state index contributed by atoms with van der Waals surface area (Å²) in [4.78, 5) is 0. The van der Waals surface area contributed by atoms with Gasteiger partial charge in [0.25, 0.3) is 0 Å². The first-order chi connectivity index (χ1) is 6.13. The SMILES string of the molecule is CC(C)n1ccc(CC(F)CN)n1. The van der Waals surface area contributed by atoms with Gasteiger partial charge in [-0.25, -0.2) is 4.39 Å². The van der Waals surface area contributed by atoms with E-state index in [1.54, 1.807) is 0 Å². The van der Waals surface area contributed by atoms with Crippen molar-refractivity contribution in [2.75, 3.05) is 6.54 Å². The Labute approximate surface area is 77.7 Å². The van der Waals surface area contributed by atoms with E-state index in [4.69, 9.17) is 5.73 Å². The van der Waals surface area contributed by atoms with Crippen LogP contribution < -0.4 is 5.73 Å². The highest BCUT2D eigenvalue weighted by atomic mass is 19.1. The van der Waals surface area contributed by atoms with Crippen LogP contribution >= 0.6 is 0 Å². The summed E-state index contributed by atoms with van der Waals surface area (Å²) < 4.78 is 14.7. The van der Waals surface area contributed by atoms with Gasteiger partial charge in [-0.2, -0.15) is 5.10 Å². The zero-order valence-corrected chi connectivity index (χ0v) is 8.07. The highest BCUT2D eigenvalue weighted by Gasteiger charge is 2.08. The molecular formula is C9H16FN3. The van der Waals surface area contributed by atoms with Gasteiger partial charge in [-0.15, -0.1) is 0 Å². The lowest BCUT2D eigenvalue weighted by atomic mass is 10.2. The maximum atomic E-state index is 12.9. The van der Waals surface area contributed by atoms with Crippen molar-refractivity contribution in [2.24, 2.45) is 5.73 Å². The third-order valence-electron chi connectivity index (χ3n) is 1.88. The van der Waals surface area contributed by atoms with Gasteiger partial charge in [-0.05, 0) is 19.9 Å². The number of alkyl halides is 1. The van der Waals surface area contributed by atoms with Crippen LogP contribution in [-0.2, 0) is 6.42 Å². The molecule has 74 valence electrons. The molecule has 0 saturated heterocycles. The Kier molecular flexibility index (Phi) is 3.42. The number of hydrogen-bond donors (Lipinski definition) is 1. The second-order valence-electron chi connectivity index (χ2n) is 3.42. The van der Waals surface area contributed by atoms with Crippen molar-refractivity contribution in [1.29, 1.82) is 0 Å². The maximum absolute atomic E-state index is 12.9. The van der Waals surface area contributed by atoms with E-state index in [0.717, 1.165) is 5.69 Å². The van der Waals surface area contributed by atoms with Crippen LogP contribution in [0.25, 0.3) is 0 Å². The molecule has 0 aliphatic rings. The van der Waals surface area contributed by atoms with Gasteiger partial charge >= 0.3 is 0 Å². The summed E-state index contributed by atoms with van der Waals surface area (Å²) >= 11 is 0. The molecule has 13 heavy (non-hydrogen) atoms. The molecule has 0 spiro atoms. The van der Waals surface area contributed by atoms with Gasteiger partial charge in [0.1, 0.15) is 6.17 Å². The van der Waals surface area contributed by atoms with Crippen LogP contribution in [0.2, 0.25) is 0 Å². The third-order valence-corrected chi connectivity index (χ3v) is 1.88. The normalized spacial score (nSPS) is 13.6. The van der Waals surface area contributed by atoms with Crippen molar-refractivity contribution in [3.8, 4) is 0 Å². The van der Waals surface area contributed by atoms with Gasteiger partial charge in [0.05, 0.1) is 5.69 Å². The van der Waals surface area contributed by atoms with Gasteiger partial charge < -0.3 is 5.73 Å². The van der Waals surface area contributed by atoms with E-state index in [-0.39, 0.29) is 6.54 Å². The van der Waals surface area contributed by atoms with Crippen LogP contribution in [0.1, 0.15) is 25.6 Å². The molecule has 0 aromatic carbocycles. The minimum Gasteiger partial charge on any atom is -0.328 e. The number of rotatable bonds is 4. The van der Waals surface area contributed by atoms with E-state index in [1.807, 2.05) is 30.8 Å². The van der Waals surface area contributed by atoms with E-state index >= 15 is 0 Å². The summed E-state index contributed by atoms with van der Waals surface area (Å²) in [5.74, 6) is 0. The lowest BCUT2D eigenvalue weighted by Gasteiger charge is -2.04. The Hall–Kier alpha value is -0.900. The molecule has 0 amide bonds. The van der Waals surface area contributed by atoms with E-state index in [9.17, 15) is 4.39 Å². The van der Waals surface area contributed by atoms with E-state index < -0.39 is 6.17 Å². The lowest BCUT2D eigenvalue weighted by Crippen LogP contribution is -2.18. The molecule has 3 nitrogen and oxygen atoms in total.